The Hall–Kier alpha value is -2.62. The summed E-state index contributed by atoms with van der Waals surface area (Å²) in [5.41, 5.74) is 9.70. The van der Waals surface area contributed by atoms with E-state index in [1.165, 1.54) is 5.56 Å². The van der Waals surface area contributed by atoms with Crippen molar-refractivity contribution in [2.45, 2.75) is 26.2 Å². The van der Waals surface area contributed by atoms with Crippen LogP contribution in [0.5, 0.6) is 0 Å². The van der Waals surface area contributed by atoms with E-state index in [0.717, 1.165) is 16.8 Å². The molecule has 2 heterocycles. The third kappa shape index (κ3) is 2.48. The van der Waals surface area contributed by atoms with Crippen molar-refractivity contribution < 1.29 is 4.79 Å². The Labute approximate surface area is 129 Å². The summed E-state index contributed by atoms with van der Waals surface area (Å²) in [6, 6.07) is 12.2. The number of nitrogens with two attached hydrogens (primary N) is 1. The van der Waals surface area contributed by atoms with Gasteiger partial charge in [-0.1, -0.05) is 45.0 Å². The molecular formula is C18H19N3O. The molecule has 112 valence electrons. The van der Waals surface area contributed by atoms with Crippen molar-refractivity contribution >= 4 is 11.4 Å². The average Bonchev–Trinajstić information content (AvgIpc) is 2.93. The fraction of sp³-hybridized carbons (Fsp3) is 0.222. The first-order chi connectivity index (χ1) is 10.4. The highest BCUT2D eigenvalue weighted by atomic mass is 16.1. The predicted octanol–water partition coefficient (Wildman–Crippen LogP) is 3.40. The second kappa shape index (κ2) is 4.98. The number of amides is 1. The highest BCUT2D eigenvalue weighted by Gasteiger charge is 2.15. The molecule has 3 aromatic rings. The van der Waals surface area contributed by atoms with Crippen molar-refractivity contribution in [1.29, 1.82) is 0 Å². The van der Waals surface area contributed by atoms with Crippen LogP contribution in [0.1, 0.15) is 36.8 Å². The van der Waals surface area contributed by atoms with Crippen molar-refractivity contribution in [3.63, 3.8) is 0 Å². The summed E-state index contributed by atoms with van der Waals surface area (Å²) < 4.78 is 1.88. The van der Waals surface area contributed by atoms with Crippen molar-refractivity contribution in [3.05, 3.63) is 60.0 Å². The minimum absolute atomic E-state index is 0.103. The standard InChI is InChI=1S/C18H19N3O/c1-18(2,3)13-8-6-12(7-9-13)16-15-5-4-10-21(15)11-14(20-16)17(19)22/h4-11H,1-3H3,(H2,19,22). The van der Waals surface area contributed by atoms with E-state index in [1.807, 2.05) is 34.9 Å². The van der Waals surface area contributed by atoms with Crippen LogP contribution >= 0.6 is 0 Å². The molecule has 0 saturated carbocycles. The van der Waals surface area contributed by atoms with E-state index in [1.54, 1.807) is 6.20 Å². The number of hydrogen-bond donors (Lipinski definition) is 1. The van der Waals surface area contributed by atoms with Crippen molar-refractivity contribution in [3.8, 4) is 11.3 Å². The number of nitrogens with zero attached hydrogens (tertiary/aromatic N) is 2. The molecule has 0 atom stereocenters. The zero-order valence-corrected chi connectivity index (χ0v) is 13.0. The molecule has 0 unspecified atom stereocenters. The van der Waals surface area contributed by atoms with E-state index in [0.29, 0.717) is 0 Å². The van der Waals surface area contributed by atoms with Crippen LogP contribution in [0.15, 0.2) is 48.8 Å². The smallest absolute Gasteiger partial charge is 0.268 e. The Balaban J connectivity index is 2.17. The molecule has 22 heavy (non-hydrogen) atoms. The van der Waals surface area contributed by atoms with Crippen molar-refractivity contribution in [1.82, 2.24) is 9.38 Å². The maximum Gasteiger partial charge on any atom is 0.268 e. The van der Waals surface area contributed by atoms with Crippen LogP contribution in [0.2, 0.25) is 0 Å². The Bertz CT molecular complexity index is 839. The lowest BCUT2D eigenvalue weighted by molar-refractivity contribution is 0.0995. The Morgan fingerprint density at radius 2 is 1.82 bits per heavy atom. The molecule has 2 aromatic heterocycles. The van der Waals surface area contributed by atoms with Gasteiger partial charge >= 0.3 is 0 Å². The number of primary amides is 1. The van der Waals surface area contributed by atoms with Gasteiger partial charge in [0.25, 0.3) is 5.91 Å². The van der Waals surface area contributed by atoms with Crippen LogP contribution in [0, 0.1) is 0 Å². The quantitative estimate of drug-likeness (QED) is 0.787. The fourth-order valence-corrected chi connectivity index (χ4v) is 2.50. The van der Waals surface area contributed by atoms with Gasteiger partial charge in [-0.3, -0.25) is 4.79 Å². The molecule has 0 radical (unpaired) electrons. The highest BCUT2D eigenvalue weighted by Crippen LogP contribution is 2.27. The number of aromatic nitrogens is 2. The maximum absolute atomic E-state index is 11.5. The van der Waals surface area contributed by atoms with E-state index in [2.05, 4.69) is 37.9 Å². The molecule has 4 heteroatoms. The number of carbonyl (C=O) groups is 1. The molecule has 0 aliphatic carbocycles. The number of benzene rings is 1. The van der Waals surface area contributed by atoms with E-state index in [-0.39, 0.29) is 11.1 Å². The summed E-state index contributed by atoms with van der Waals surface area (Å²) in [5, 5.41) is 0. The highest BCUT2D eigenvalue weighted by molar-refractivity contribution is 5.92. The Morgan fingerprint density at radius 1 is 1.14 bits per heavy atom. The molecule has 2 N–H and O–H groups in total. The third-order valence-electron chi connectivity index (χ3n) is 3.79. The van der Waals surface area contributed by atoms with Gasteiger partial charge in [-0.25, -0.2) is 4.98 Å². The summed E-state index contributed by atoms with van der Waals surface area (Å²) in [6.07, 6.45) is 3.54. The van der Waals surface area contributed by atoms with Crippen LogP contribution in [-0.4, -0.2) is 15.3 Å². The molecule has 4 nitrogen and oxygen atoms in total. The first kappa shape index (κ1) is 14.3. The van der Waals surface area contributed by atoms with E-state index >= 15 is 0 Å². The minimum atomic E-state index is -0.525. The first-order valence-corrected chi connectivity index (χ1v) is 7.25. The van der Waals surface area contributed by atoms with E-state index in [9.17, 15) is 4.79 Å². The zero-order valence-electron chi connectivity index (χ0n) is 13.0. The van der Waals surface area contributed by atoms with Crippen LogP contribution < -0.4 is 5.73 Å². The van der Waals surface area contributed by atoms with E-state index in [4.69, 9.17) is 5.73 Å². The second-order valence-electron chi connectivity index (χ2n) is 6.47. The Kier molecular flexibility index (Phi) is 3.24. The predicted molar refractivity (Wildman–Crippen MR) is 87.8 cm³/mol. The summed E-state index contributed by atoms with van der Waals surface area (Å²) in [5.74, 6) is -0.525. The lowest BCUT2D eigenvalue weighted by Crippen LogP contribution is -2.14. The van der Waals surface area contributed by atoms with Crippen LogP contribution in [-0.2, 0) is 5.41 Å². The van der Waals surface area contributed by atoms with Gasteiger partial charge in [0.05, 0.1) is 11.2 Å². The van der Waals surface area contributed by atoms with Crippen molar-refractivity contribution in [2.24, 2.45) is 5.73 Å². The van der Waals surface area contributed by atoms with Gasteiger partial charge in [0.2, 0.25) is 0 Å². The third-order valence-corrected chi connectivity index (χ3v) is 3.79. The van der Waals surface area contributed by atoms with Gasteiger partial charge in [0.15, 0.2) is 0 Å². The zero-order chi connectivity index (χ0) is 15.9. The lowest BCUT2D eigenvalue weighted by atomic mass is 9.86. The molecule has 0 aliphatic heterocycles. The summed E-state index contributed by atoms with van der Waals surface area (Å²) in [4.78, 5) is 15.9. The van der Waals surface area contributed by atoms with Crippen LogP contribution in [0.3, 0.4) is 0 Å². The molecule has 0 saturated heterocycles. The monoisotopic (exact) mass is 293 g/mol. The number of carbonyl (C=O) groups excluding carboxylic acids is 1. The molecule has 0 aliphatic rings. The van der Waals surface area contributed by atoms with Gasteiger partial charge in [-0.05, 0) is 23.1 Å². The molecular weight excluding hydrogens is 274 g/mol. The topological polar surface area (TPSA) is 60.4 Å². The van der Waals surface area contributed by atoms with Crippen LogP contribution in [0.25, 0.3) is 16.8 Å². The molecule has 3 rings (SSSR count). The van der Waals surface area contributed by atoms with Gasteiger partial charge in [0, 0.05) is 18.0 Å². The lowest BCUT2D eigenvalue weighted by Gasteiger charge is -2.19. The normalized spacial score (nSPS) is 11.8. The fourth-order valence-electron chi connectivity index (χ4n) is 2.50. The average molecular weight is 293 g/mol. The number of fused-ring (bicyclic) bond motifs is 1. The largest absolute Gasteiger partial charge is 0.364 e. The first-order valence-electron chi connectivity index (χ1n) is 7.25. The van der Waals surface area contributed by atoms with Gasteiger partial charge in [-0.2, -0.15) is 0 Å². The molecule has 0 fully saturated rings. The molecule has 1 amide bonds. The molecule has 1 aromatic carbocycles. The van der Waals surface area contributed by atoms with Gasteiger partial charge < -0.3 is 10.1 Å². The summed E-state index contributed by atoms with van der Waals surface area (Å²) in [6.45, 7) is 6.54. The second-order valence-corrected chi connectivity index (χ2v) is 6.47. The SMILES string of the molecule is CC(C)(C)c1ccc(-c2nc(C(N)=O)cn3cccc23)cc1. The number of hydrogen-bond acceptors (Lipinski definition) is 2. The minimum Gasteiger partial charge on any atom is -0.364 e. The van der Waals surface area contributed by atoms with Gasteiger partial charge in [0.1, 0.15) is 5.69 Å². The molecule has 0 bridgehead atoms. The maximum atomic E-state index is 11.5. The summed E-state index contributed by atoms with van der Waals surface area (Å²) >= 11 is 0. The molecule has 0 spiro atoms. The number of rotatable bonds is 2. The van der Waals surface area contributed by atoms with Crippen LogP contribution in [0.4, 0.5) is 0 Å². The van der Waals surface area contributed by atoms with E-state index < -0.39 is 5.91 Å². The van der Waals surface area contributed by atoms with Crippen molar-refractivity contribution in [2.75, 3.05) is 0 Å². The van der Waals surface area contributed by atoms with Gasteiger partial charge in [-0.15, -0.1) is 0 Å². The summed E-state index contributed by atoms with van der Waals surface area (Å²) in [7, 11) is 0. The Morgan fingerprint density at radius 3 is 2.41 bits per heavy atom.